The first-order valence-electron chi connectivity index (χ1n) is 8.67. The molecule has 0 aromatic heterocycles. The summed E-state index contributed by atoms with van der Waals surface area (Å²) in [7, 11) is -2.39. The van der Waals surface area contributed by atoms with Crippen molar-refractivity contribution in [2.75, 3.05) is 7.11 Å². The van der Waals surface area contributed by atoms with Gasteiger partial charge in [0.2, 0.25) is 10.0 Å². The predicted octanol–water partition coefficient (Wildman–Crippen LogP) is 3.93. The summed E-state index contributed by atoms with van der Waals surface area (Å²) in [4.78, 5) is 12.6. The maximum atomic E-state index is 12.7. The van der Waals surface area contributed by atoms with E-state index < -0.39 is 15.9 Å². The minimum absolute atomic E-state index is 0.0538. The number of hydrogen-bond acceptors (Lipinski definition) is 4. The summed E-state index contributed by atoms with van der Waals surface area (Å²) in [5, 5.41) is 3.65. The van der Waals surface area contributed by atoms with Crippen LogP contribution in [0.5, 0.6) is 5.75 Å². The standard InChI is InChI=1S/C19H20Cl2N2O4S/c1-11(12-3-7-15(20)16(21)9-12)22-19(24)13-4-8-17(27-2)18(10-13)28(25,26)23-14-5-6-14/h3-4,7-11,14,23H,5-6H2,1-2H3,(H,22,24)/t11-/m0/s1. The molecule has 0 saturated heterocycles. The molecule has 0 aliphatic heterocycles. The number of halogens is 2. The second kappa shape index (κ2) is 8.29. The number of amides is 1. The SMILES string of the molecule is COc1ccc(C(=O)N[C@@H](C)c2ccc(Cl)c(Cl)c2)cc1S(=O)(=O)NC1CC1. The van der Waals surface area contributed by atoms with Gasteiger partial charge < -0.3 is 10.1 Å². The van der Waals surface area contributed by atoms with E-state index in [0.717, 1.165) is 18.4 Å². The highest BCUT2D eigenvalue weighted by Gasteiger charge is 2.30. The van der Waals surface area contributed by atoms with Crippen molar-refractivity contribution in [3.63, 3.8) is 0 Å². The third kappa shape index (κ3) is 4.78. The maximum Gasteiger partial charge on any atom is 0.251 e. The minimum atomic E-state index is -3.77. The number of rotatable bonds is 7. The quantitative estimate of drug-likeness (QED) is 0.679. The third-order valence-electron chi connectivity index (χ3n) is 4.41. The average Bonchev–Trinajstić information content (AvgIpc) is 3.46. The number of carbonyl (C=O) groups excluding carboxylic acids is 1. The number of ether oxygens (including phenoxy) is 1. The Morgan fingerprint density at radius 3 is 2.46 bits per heavy atom. The molecule has 9 heteroatoms. The van der Waals surface area contributed by atoms with Crippen molar-refractivity contribution in [1.29, 1.82) is 0 Å². The van der Waals surface area contributed by atoms with Crippen LogP contribution in [0.2, 0.25) is 10.0 Å². The topological polar surface area (TPSA) is 84.5 Å². The molecule has 0 radical (unpaired) electrons. The molecule has 2 N–H and O–H groups in total. The Kier molecular flexibility index (Phi) is 6.19. The number of nitrogens with one attached hydrogen (secondary N) is 2. The lowest BCUT2D eigenvalue weighted by Crippen LogP contribution is -2.28. The molecule has 1 fully saturated rings. The maximum absolute atomic E-state index is 12.7. The van der Waals surface area contributed by atoms with E-state index in [9.17, 15) is 13.2 Å². The molecule has 0 bridgehead atoms. The fourth-order valence-corrected chi connectivity index (χ4v) is 4.46. The Hall–Kier alpha value is -1.80. The van der Waals surface area contributed by atoms with Gasteiger partial charge in [-0.3, -0.25) is 4.79 Å². The van der Waals surface area contributed by atoms with Gasteiger partial charge in [-0.15, -0.1) is 0 Å². The summed E-state index contributed by atoms with van der Waals surface area (Å²) < 4.78 is 33.0. The van der Waals surface area contributed by atoms with E-state index in [1.807, 2.05) is 0 Å². The lowest BCUT2D eigenvalue weighted by atomic mass is 10.1. The molecule has 0 unspecified atom stereocenters. The first-order valence-corrected chi connectivity index (χ1v) is 10.9. The second-order valence-corrected chi connectivity index (χ2v) is 9.13. The Labute approximate surface area is 174 Å². The fraction of sp³-hybridized carbons (Fsp3) is 0.316. The molecule has 28 heavy (non-hydrogen) atoms. The number of hydrogen-bond donors (Lipinski definition) is 2. The Morgan fingerprint density at radius 1 is 1.14 bits per heavy atom. The summed E-state index contributed by atoms with van der Waals surface area (Å²) >= 11 is 12.0. The lowest BCUT2D eigenvalue weighted by molar-refractivity contribution is 0.0939. The van der Waals surface area contributed by atoms with E-state index in [1.54, 1.807) is 25.1 Å². The Balaban J connectivity index is 1.83. The molecule has 1 aliphatic carbocycles. The van der Waals surface area contributed by atoms with Crippen molar-refractivity contribution < 1.29 is 17.9 Å². The smallest absolute Gasteiger partial charge is 0.251 e. The Morgan fingerprint density at radius 2 is 1.86 bits per heavy atom. The second-order valence-electron chi connectivity index (χ2n) is 6.63. The molecule has 0 heterocycles. The summed E-state index contributed by atoms with van der Waals surface area (Å²) in [5.74, 6) is -0.230. The summed E-state index contributed by atoms with van der Waals surface area (Å²) in [6.45, 7) is 1.80. The van der Waals surface area contributed by atoms with Crippen LogP contribution >= 0.6 is 23.2 Å². The van der Waals surface area contributed by atoms with Gasteiger partial charge in [-0.1, -0.05) is 29.3 Å². The molecule has 1 saturated carbocycles. The summed E-state index contributed by atoms with van der Waals surface area (Å²) in [6.07, 6.45) is 1.62. The molecule has 2 aromatic carbocycles. The highest BCUT2D eigenvalue weighted by atomic mass is 35.5. The zero-order chi connectivity index (χ0) is 20.5. The highest BCUT2D eigenvalue weighted by Crippen LogP contribution is 2.29. The molecule has 0 spiro atoms. The van der Waals surface area contributed by atoms with Crippen LogP contribution in [-0.4, -0.2) is 27.5 Å². The van der Waals surface area contributed by atoms with Crippen molar-refractivity contribution >= 4 is 39.1 Å². The zero-order valence-electron chi connectivity index (χ0n) is 15.3. The molecule has 150 valence electrons. The van der Waals surface area contributed by atoms with Crippen LogP contribution in [0.15, 0.2) is 41.3 Å². The lowest BCUT2D eigenvalue weighted by Gasteiger charge is -2.16. The van der Waals surface area contributed by atoms with Crippen LogP contribution < -0.4 is 14.8 Å². The van der Waals surface area contributed by atoms with E-state index in [1.165, 1.54) is 25.3 Å². The summed E-state index contributed by atoms with van der Waals surface area (Å²) in [5.41, 5.74) is 0.989. The van der Waals surface area contributed by atoms with Crippen molar-refractivity contribution in [2.24, 2.45) is 0 Å². The van der Waals surface area contributed by atoms with Gasteiger partial charge in [-0.25, -0.2) is 13.1 Å². The van der Waals surface area contributed by atoms with Crippen LogP contribution in [-0.2, 0) is 10.0 Å². The average molecular weight is 443 g/mol. The van der Waals surface area contributed by atoms with Crippen LogP contribution in [0, 0.1) is 0 Å². The molecule has 1 amide bonds. The first kappa shape index (κ1) is 20.9. The van der Waals surface area contributed by atoms with Gasteiger partial charge in [0.1, 0.15) is 10.6 Å². The third-order valence-corrected chi connectivity index (χ3v) is 6.69. The molecular weight excluding hydrogens is 423 g/mol. The molecule has 6 nitrogen and oxygen atoms in total. The van der Waals surface area contributed by atoms with E-state index in [0.29, 0.717) is 10.0 Å². The highest BCUT2D eigenvalue weighted by molar-refractivity contribution is 7.89. The van der Waals surface area contributed by atoms with Crippen molar-refractivity contribution in [2.45, 2.75) is 36.7 Å². The normalized spacial score (nSPS) is 15.1. The van der Waals surface area contributed by atoms with Gasteiger partial charge in [0, 0.05) is 11.6 Å². The predicted molar refractivity (Wildman–Crippen MR) is 109 cm³/mol. The molecule has 3 rings (SSSR count). The van der Waals surface area contributed by atoms with E-state index in [2.05, 4.69) is 10.0 Å². The molecule has 2 aromatic rings. The van der Waals surface area contributed by atoms with Crippen molar-refractivity contribution in [1.82, 2.24) is 10.0 Å². The number of benzene rings is 2. The van der Waals surface area contributed by atoms with Gasteiger partial charge in [0.05, 0.1) is 23.2 Å². The number of sulfonamides is 1. The van der Waals surface area contributed by atoms with Crippen LogP contribution in [0.1, 0.15) is 41.7 Å². The van der Waals surface area contributed by atoms with Crippen LogP contribution in [0.3, 0.4) is 0 Å². The van der Waals surface area contributed by atoms with E-state index in [-0.39, 0.29) is 28.3 Å². The number of carbonyl (C=O) groups is 1. The van der Waals surface area contributed by atoms with E-state index >= 15 is 0 Å². The van der Waals surface area contributed by atoms with Crippen LogP contribution in [0.25, 0.3) is 0 Å². The van der Waals surface area contributed by atoms with Crippen molar-refractivity contribution in [3.05, 3.63) is 57.6 Å². The number of methoxy groups -OCH3 is 1. The largest absolute Gasteiger partial charge is 0.495 e. The monoisotopic (exact) mass is 442 g/mol. The van der Waals surface area contributed by atoms with Gasteiger partial charge in [-0.2, -0.15) is 0 Å². The minimum Gasteiger partial charge on any atom is -0.495 e. The Bertz CT molecular complexity index is 1010. The molecular formula is C19H20Cl2N2O4S. The van der Waals surface area contributed by atoms with Crippen LogP contribution in [0.4, 0.5) is 0 Å². The van der Waals surface area contributed by atoms with Gasteiger partial charge in [0.15, 0.2) is 0 Å². The first-order chi connectivity index (χ1) is 13.2. The fourth-order valence-electron chi connectivity index (χ4n) is 2.66. The zero-order valence-corrected chi connectivity index (χ0v) is 17.7. The van der Waals surface area contributed by atoms with Gasteiger partial charge >= 0.3 is 0 Å². The van der Waals surface area contributed by atoms with E-state index in [4.69, 9.17) is 27.9 Å². The van der Waals surface area contributed by atoms with Gasteiger partial charge in [0.25, 0.3) is 5.91 Å². The summed E-state index contributed by atoms with van der Waals surface area (Å²) in [6, 6.07) is 9.01. The van der Waals surface area contributed by atoms with Crippen molar-refractivity contribution in [3.8, 4) is 5.75 Å². The van der Waals surface area contributed by atoms with Gasteiger partial charge in [-0.05, 0) is 55.7 Å². The molecule has 1 aliphatic rings. The molecule has 1 atom stereocenters.